The Kier molecular flexibility index (Phi) is 6.87. The Balaban J connectivity index is 1.96. The van der Waals surface area contributed by atoms with Crippen LogP contribution in [0.1, 0.15) is 26.1 Å². The highest BCUT2D eigenvalue weighted by atomic mass is 16.5. The number of hydrogen-bond acceptors (Lipinski definition) is 3. The van der Waals surface area contributed by atoms with E-state index in [9.17, 15) is 0 Å². The fourth-order valence-corrected chi connectivity index (χ4v) is 2.35. The molecule has 1 heterocycles. The number of fused-ring (bicyclic) bond motifs is 1. The SMILES string of the molecule is CCNC(=NCc1nc2ccccc2n1C)NCCCOCC. The number of guanidine groups is 1. The Bertz CT molecular complexity index is 635. The molecule has 0 atom stereocenters. The molecule has 0 aliphatic rings. The summed E-state index contributed by atoms with van der Waals surface area (Å²) in [5, 5.41) is 6.58. The molecule has 2 N–H and O–H groups in total. The monoisotopic (exact) mass is 317 g/mol. The highest BCUT2D eigenvalue weighted by Gasteiger charge is 2.06. The molecule has 1 aromatic carbocycles. The van der Waals surface area contributed by atoms with Crippen LogP contribution in [0.5, 0.6) is 0 Å². The van der Waals surface area contributed by atoms with Crippen molar-refractivity contribution in [2.75, 3.05) is 26.3 Å². The van der Waals surface area contributed by atoms with Crippen molar-refractivity contribution in [3.63, 3.8) is 0 Å². The Morgan fingerprint density at radius 3 is 2.83 bits per heavy atom. The maximum absolute atomic E-state index is 5.34. The first-order valence-electron chi connectivity index (χ1n) is 8.26. The smallest absolute Gasteiger partial charge is 0.191 e. The largest absolute Gasteiger partial charge is 0.382 e. The van der Waals surface area contributed by atoms with Crippen molar-refractivity contribution in [3.05, 3.63) is 30.1 Å². The number of benzene rings is 1. The number of aromatic nitrogens is 2. The summed E-state index contributed by atoms with van der Waals surface area (Å²) in [4.78, 5) is 9.27. The fourth-order valence-electron chi connectivity index (χ4n) is 2.35. The summed E-state index contributed by atoms with van der Waals surface area (Å²) in [7, 11) is 2.03. The molecule has 23 heavy (non-hydrogen) atoms. The van der Waals surface area contributed by atoms with Gasteiger partial charge in [0.15, 0.2) is 5.96 Å². The van der Waals surface area contributed by atoms with Crippen LogP contribution in [0.25, 0.3) is 11.0 Å². The van der Waals surface area contributed by atoms with E-state index in [1.165, 1.54) is 0 Å². The van der Waals surface area contributed by atoms with Crippen LogP contribution in [0.3, 0.4) is 0 Å². The normalized spacial score (nSPS) is 11.9. The Morgan fingerprint density at radius 2 is 2.09 bits per heavy atom. The van der Waals surface area contributed by atoms with Gasteiger partial charge in [0, 0.05) is 33.4 Å². The third kappa shape index (κ3) is 4.96. The summed E-state index contributed by atoms with van der Waals surface area (Å²) in [6.45, 7) is 7.83. The van der Waals surface area contributed by atoms with Crippen molar-refractivity contribution >= 4 is 17.0 Å². The predicted octanol–water partition coefficient (Wildman–Crippen LogP) is 2.05. The zero-order valence-corrected chi connectivity index (χ0v) is 14.3. The molecule has 0 aliphatic carbocycles. The van der Waals surface area contributed by atoms with Crippen molar-refractivity contribution in [2.45, 2.75) is 26.8 Å². The molecule has 0 unspecified atom stereocenters. The van der Waals surface area contributed by atoms with Crippen LogP contribution >= 0.6 is 0 Å². The molecular formula is C17H27N5O. The molecule has 0 aliphatic heterocycles. The van der Waals surface area contributed by atoms with Crippen LogP contribution in [0, 0.1) is 0 Å². The quantitative estimate of drug-likeness (QED) is 0.444. The van der Waals surface area contributed by atoms with Gasteiger partial charge in [0.1, 0.15) is 12.4 Å². The first kappa shape index (κ1) is 17.3. The lowest BCUT2D eigenvalue weighted by Gasteiger charge is -2.11. The van der Waals surface area contributed by atoms with Gasteiger partial charge in [0.25, 0.3) is 0 Å². The molecule has 0 saturated carbocycles. The maximum Gasteiger partial charge on any atom is 0.191 e. The van der Waals surface area contributed by atoms with Crippen LogP contribution in [-0.2, 0) is 18.3 Å². The van der Waals surface area contributed by atoms with Gasteiger partial charge in [-0.3, -0.25) is 0 Å². The van der Waals surface area contributed by atoms with Gasteiger partial charge in [-0.05, 0) is 32.4 Å². The van der Waals surface area contributed by atoms with Gasteiger partial charge in [0.05, 0.1) is 11.0 Å². The second-order valence-electron chi connectivity index (χ2n) is 5.25. The molecule has 0 saturated heterocycles. The predicted molar refractivity (Wildman–Crippen MR) is 94.6 cm³/mol. The molecule has 2 aromatic rings. The average Bonchev–Trinajstić information content (AvgIpc) is 2.89. The summed E-state index contributed by atoms with van der Waals surface area (Å²) in [6, 6.07) is 8.14. The van der Waals surface area contributed by atoms with E-state index >= 15 is 0 Å². The molecule has 0 spiro atoms. The second-order valence-corrected chi connectivity index (χ2v) is 5.25. The molecule has 0 radical (unpaired) electrons. The van der Waals surface area contributed by atoms with E-state index in [0.29, 0.717) is 6.54 Å². The molecule has 0 bridgehead atoms. The van der Waals surface area contributed by atoms with E-state index in [4.69, 9.17) is 4.74 Å². The zero-order chi connectivity index (χ0) is 16.5. The number of para-hydroxylation sites is 2. The minimum absolute atomic E-state index is 0.548. The molecule has 6 heteroatoms. The van der Waals surface area contributed by atoms with E-state index in [0.717, 1.165) is 55.5 Å². The highest BCUT2D eigenvalue weighted by molar-refractivity contribution is 5.80. The van der Waals surface area contributed by atoms with Crippen LogP contribution in [-0.4, -0.2) is 41.8 Å². The van der Waals surface area contributed by atoms with Crippen LogP contribution in [0.15, 0.2) is 29.3 Å². The molecule has 0 amide bonds. The summed E-state index contributed by atoms with van der Waals surface area (Å²) < 4.78 is 7.44. The number of hydrogen-bond donors (Lipinski definition) is 2. The Hall–Kier alpha value is -2.08. The van der Waals surface area contributed by atoms with E-state index < -0.39 is 0 Å². The van der Waals surface area contributed by atoms with Crippen molar-refractivity contribution in [2.24, 2.45) is 12.0 Å². The number of ether oxygens (including phenoxy) is 1. The molecule has 6 nitrogen and oxygen atoms in total. The molecule has 1 aromatic heterocycles. The number of nitrogens with one attached hydrogen (secondary N) is 2. The number of aliphatic imine (C=N–C) groups is 1. The minimum atomic E-state index is 0.548. The van der Waals surface area contributed by atoms with Gasteiger partial charge in [-0.25, -0.2) is 9.98 Å². The fraction of sp³-hybridized carbons (Fsp3) is 0.529. The van der Waals surface area contributed by atoms with Gasteiger partial charge in [-0.15, -0.1) is 0 Å². The van der Waals surface area contributed by atoms with Gasteiger partial charge < -0.3 is 19.9 Å². The van der Waals surface area contributed by atoms with Crippen LogP contribution in [0.2, 0.25) is 0 Å². The van der Waals surface area contributed by atoms with Crippen molar-refractivity contribution in [1.82, 2.24) is 20.2 Å². The Labute approximate surface area is 138 Å². The molecule has 2 rings (SSSR count). The van der Waals surface area contributed by atoms with Crippen LogP contribution < -0.4 is 10.6 Å². The van der Waals surface area contributed by atoms with E-state index in [1.807, 2.05) is 32.2 Å². The lowest BCUT2D eigenvalue weighted by Crippen LogP contribution is -2.38. The number of nitrogens with zero attached hydrogens (tertiary/aromatic N) is 3. The molecule has 0 fully saturated rings. The minimum Gasteiger partial charge on any atom is -0.382 e. The summed E-state index contributed by atoms with van der Waals surface area (Å²) in [5.74, 6) is 1.77. The maximum atomic E-state index is 5.34. The second kappa shape index (κ2) is 9.15. The first-order valence-corrected chi connectivity index (χ1v) is 8.26. The standard InChI is InChI=1S/C17H27N5O/c1-4-18-17(19-11-8-12-23-5-2)20-13-16-21-14-9-6-7-10-15(14)22(16)3/h6-7,9-10H,4-5,8,11-13H2,1-3H3,(H2,18,19,20). The first-order chi connectivity index (χ1) is 11.3. The number of aryl methyl sites for hydroxylation is 1. The van der Waals surface area contributed by atoms with E-state index in [1.54, 1.807) is 0 Å². The number of imidazole rings is 1. The van der Waals surface area contributed by atoms with Gasteiger partial charge in [-0.1, -0.05) is 12.1 Å². The third-order valence-electron chi connectivity index (χ3n) is 3.56. The topological polar surface area (TPSA) is 63.5 Å². The highest BCUT2D eigenvalue weighted by Crippen LogP contribution is 2.14. The number of rotatable bonds is 8. The summed E-state index contributed by atoms with van der Waals surface area (Å²) >= 11 is 0. The van der Waals surface area contributed by atoms with Crippen LogP contribution in [0.4, 0.5) is 0 Å². The summed E-state index contributed by atoms with van der Waals surface area (Å²) in [5.41, 5.74) is 2.14. The lowest BCUT2D eigenvalue weighted by molar-refractivity contribution is 0.145. The average molecular weight is 317 g/mol. The summed E-state index contributed by atoms with van der Waals surface area (Å²) in [6.07, 6.45) is 0.963. The van der Waals surface area contributed by atoms with Gasteiger partial charge in [-0.2, -0.15) is 0 Å². The van der Waals surface area contributed by atoms with E-state index in [-0.39, 0.29) is 0 Å². The molecule has 126 valence electrons. The van der Waals surface area contributed by atoms with Crippen molar-refractivity contribution < 1.29 is 4.74 Å². The van der Waals surface area contributed by atoms with E-state index in [2.05, 4.69) is 38.2 Å². The lowest BCUT2D eigenvalue weighted by atomic mass is 10.3. The van der Waals surface area contributed by atoms with Gasteiger partial charge in [0.2, 0.25) is 0 Å². The van der Waals surface area contributed by atoms with Crippen molar-refractivity contribution in [3.8, 4) is 0 Å². The molecular weight excluding hydrogens is 290 g/mol. The third-order valence-corrected chi connectivity index (χ3v) is 3.56. The van der Waals surface area contributed by atoms with Gasteiger partial charge >= 0.3 is 0 Å². The van der Waals surface area contributed by atoms with Crippen molar-refractivity contribution in [1.29, 1.82) is 0 Å². The zero-order valence-electron chi connectivity index (χ0n) is 14.3. The Morgan fingerprint density at radius 1 is 1.26 bits per heavy atom.